The molecular weight excluding hydrogens is 591 g/mol. The lowest BCUT2D eigenvalue weighted by Crippen LogP contribution is -2.10. The molecule has 0 unspecified atom stereocenters. The molecule has 8 aromatic rings. The molecule has 49 heavy (non-hydrogen) atoms. The van der Waals surface area contributed by atoms with Crippen LogP contribution in [0.3, 0.4) is 0 Å². The van der Waals surface area contributed by atoms with Crippen molar-refractivity contribution in [1.82, 2.24) is 0 Å². The van der Waals surface area contributed by atoms with Gasteiger partial charge in [0, 0.05) is 17.1 Å². The number of benzene rings is 8. The zero-order valence-electron chi connectivity index (χ0n) is 27.2. The first-order valence-corrected chi connectivity index (χ1v) is 16.8. The Morgan fingerprint density at radius 3 is 1.00 bits per heavy atom. The molecule has 8 rings (SSSR count). The summed E-state index contributed by atoms with van der Waals surface area (Å²) in [6.45, 7) is 0. The van der Waals surface area contributed by atoms with Crippen LogP contribution in [0.25, 0.3) is 55.6 Å². The molecule has 0 atom stereocenters. The van der Waals surface area contributed by atoms with Gasteiger partial charge in [-0.2, -0.15) is 0 Å². The number of hydrogen-bond donors (Lipinski definition) is 0. The lowest BCUT2D eigenvalue weighted by atomic mass is 9.93. The maximum atomic E-state index is 2.35. The van der Waals surface area contributed by atoms with Crippen LogP contribution in [0.1, 0.15) is 0 Å². The third kappa shape index (κ3) is 6.43. The Morgan fingerprint density at radius 1 is 0.204 bits per heavy atom. The van der Waals surface area contributed by atoms with E-state index in [2.05, 4.69) is 217 Å². The molecule has 0 N–H and O–H groups in total. The molecule has 0 radical (unpaired) electrons. The van der Waals surface area contributed by atoms with Crippen LogP contribution >= 0.6 is 0 Å². The van der Waals surface area contributed by atoms with Crippen LogP contribution in [0.2, 0.25) is 0 Å². The SMILES string of the molecule is c1ccc(-c2ccc(-c3ccccc3-c3ccc(N(c4ccc(-c5ccccc5)cc4)c4cccc(-c5ccccc5)c4)cc3)cc2)cc1. The highest BCUT2D eigenvalue weighted by molar-refractivity contribution is 5.86. The topological polar surface area (TPSA) is 3.24 Å². The van der Waals surface area contributed by atoms with E-state index in [9.17, 15) is 0 Å². The Morgan fingerprint density at radius 2 is 0.531 bits per heavy atom. The summed E-state index contributed by atoms with van der Waals surface area (Å²) in [7, 11) is 0. The van der Waals surface area contributed by atoms with Gasteiger partial charge in [-0.3, -0.25) is 0 Å². The van der Waals surface area contributed by atoms with Gasteiger partial charge in [0.05, 0.1) is 0 Å². The summed E-state index contributed by atoms with van der Waals surface area (Å²) in [5.74, 6) is 0. The summed E-state index contributed by atoms with van der Waals surface area (Å²) < 4.78 is 0. The molecule has 0 aliphatic heterocycles. The third-order valence-corrected chi connectivity index (χ3v) is 9.11. The molecule has 0 saturated heterocycles. The molecule has 1 heteroatoms. The van der Waals surface area contributed by atoms with Crippen molar-refractivity contribution in [2.75, 3.05) is 4.90 Å². The summed E-state index contributed by atoms with van der Waals surface area (Å²) in [4.78, 5) is 2.35. The monoisotopic (exact) mass is 625 g/mol. The van der Waals surface area contributed by atoms with E-state index >= 15 is 0 Å². The number of nitrogens with zero attached hydrogens (tertiary/aromatic N) is 1. The number of hydrogen-bond acceptors (Lipinski definition) is 1. The summed E-state index contributed by atoms with van der Waals surface area (Å²) in [6.07, 6.45) is 0. The molecule has 0 heterocycles. The first-order valence-electron chi connectivity index (χ1n) is 16.8. The van der Waals surface area contributed by atoms with Crippen molar-refractivity contribution in [2.45, 2.75) is 0 Å². The molecule has 0 aromatic heterocycles. The summed E-state index contributed by atoms with van der Waals surface area (Å²) >= 11 is 0. The van der Waals surface area contributed by atoms with Gasteiger partial charge in [-0.05, 0) is 92.0 Å². The zero-order chi connectivity index (χ0) is 32.8. The highest BCUT2D eigenvalue weighted by Gasteiger charge is 2.15. The zero-order valence-corrected chi connectivity index (χ0v) is 27.2. The molecule has 0 spiro atoms. The molecule has 0 bridgehead atoms. The minimum absolute atomic E-state index is 1.10. The Kier molecular flexibility index (Phi) is 8.39. The van der Waals surface area contributed by atoms with Gasteiger partial charge in [0.25, 0.3) is 0 Å². The van der Waals surface area contributed by atoms with E-state index in [1.807, 2.05) is 0 Å². The fourth-order valence-electron chi connectivity index (χ4n) is 6.59. The maximum absolute atomic E-state index is 2.35. The van der Waals surface area contributed by atoms with Crippen LogP contribution in [-0.2, 0) is 0 Å². The van der Waals surface area contributed by atoms with Crippen molar-refractivity contribution < 1.29 is 0 Å². The average Bonchev–Trinajstić information content (AvgIpc) is 3.20. The van der Waals surface area contributed by atoms with Gasteiger partial charge < -0.3 is 4.90 Å². The second-order valence-corrected chi connectivity index (χ2v) is 12.2. The summed E-state index contributed by atoms with van der Waals surface area (Å²) in [5.41, 5.74) is 15.4. The summed E-state index contributed by atoms with van der Waals surface area (Å²) in [5, 5.41) is 0. The van der Waals surface area contributed by atoms with Gasteiger partial charge in [-0.25, -0.2) is 0 Å². The molecule has 0 fully saturated rings. The van der Waals surface area contributed by atoms with Crippen molar-refractivity contribution >= 4 is 17.1 Å². The van der Waals surface area contributed by atoms with Crippen LogP contribution < -0.4 is 4.90 Å². The van der Waals surface area contributed by atoms with Gasteiger partial charge in [0.15, 0.2) is 0 Å². The van der Waals surface area contributed by atoms with E-state index in [1.54, 1.807) is 0 Å². The minimum Gasteiger partial charge on any atom is -0.310 e. The van der Waals surface area contributed by atoms with E-state index in [-0.39, 0.29) is 0 Å². The minimum atomic E-state index is 1.10. The van der Waals surface area contributed by atoms with E-state index in [0.29, 0.717) is 0 Å². The van der Waals surface area contributed by atoms with Crippen LogP contribution in [0.4, 0.5) is 17.1 Å². The smallest absolute Gasteiger partial charge is 0.0467 e. The van der Waals surface area contributed by atoms with Gasteiger partial charge in [-0.15, -0.1) is 0 Å². The Hall–Kier alpha value is -6.44. The van der Waals surface area contributed by atoms with E-state index < -0.39 is 0 Å². The molecular formula is C48H35N. The van der Waals surface area contributed by atoms with E-state index in [0.717, 1.165) is 17.1 Å². The van der Waals surface area contributed by atoms with Crippen molar-refractivity contribution in [2.24, 2.45) is 0 Å². The highest BCUT2D eigenvalue weighted by atomic mass is 15.1. The van der Waals surface area contributed by atoms with E-state index in [4.69, 9.17) is 0 Å². The Labute approximate surface area is 289 Å². The van der Waals surface area contributed by atoms with Crippen LogP contribution in [0, 0.1) is 0 Å². The first kappa shape index (κ1) is 29.9. The molecule has 232 valence electrons. The molecule has 8 aromatic carbocycles. The first-order chi connectivity index (χ1) is 24.3. The molecule has 0 aliphatic rings. The standard InChI is InChI=1S/C48H35N/c1-4-13-36(14-5-1)39-23-25-41(26-24-39)47-21-10-11-22-48(47)42-29-33-45(34-30-42)49(44-31-27-40(28-32-44)37-15-6-2-7-16-37)46-20-12-19-43(35-46)38-17-8-3-9-18-38/h1-35H. The lowest BCUT2D eigenvalue weighted by Gasteiger charge is -2.26. The van der Waals surface area contributed by atoms with Crippen molar-refractivity contribution in [3.63, 3.8) is 0 Å². The highest BCUT2D eigenvalue weighted by Crippen LogP contribution is 2.39. The van der Waals surface area contributed by atoms with Crippen LogP contribution in [0.5, 0.6) is 0 Å². The predicted octanol–water partition coefficient (Wildman–Crippen LogP) is 13.5. The average molecular weight is 626 g/mol. The van der Waals surface area contributed by atoms with Gasteiger partial charge in [0.2, 0.25) is 0 Å². The van der Waals surface area contributed by atoms with Crippen LogP contribution in [-0.4, -0.2) is 0 Å². The molecule has 0 aliphatic carbocycles. The van der Waals surface area contributed by atoms with Gasteiger partial charge in [-0.1, -0.05) is 176 Å². The van der Waals surface area contributed by atoms with Crippen molar-refractivity contribution in [3.8, 4) is 55.6 Å². The van der Waals surface area contributed by atoms with Crippen molar-refractivity contribution in [1.29, 1.82) is 0 Å². The number of rotatable bonds is 8. The fourth-order valence-corrected chi connectivity index (χ4v) is 6.59. The van der Waals surface area contributed by atoms with Crippen molar-refractivity contribution in [3.05, 3.63) is 212 Å². The van der Waals surface area contributed by atoms with E-state index in [1.165, 1.54) is 55.6 Å². The largest absolute Gasteiger partial charge is 0.310 e. The molecule has 1 nitrogen and oxygen atoms in total. The lowest BCUT2D eigenvalue weighted by molar-refractivity contribution is 1.28. The molecule has 0 amide bonds. The maximum Gasteiger partial charge on any atom is 0.0467 e. The predicted molar refractivity (Wildman–Crippen MR) is 208 cm³/mol. The van der Waals surface area contributed by atoms with Crippen LogP contribution in [0.15, 0.2) is 212 Å². The normalized spacial score (nSPS) is 10.9. The molecule has 0 saturated carbocycles. The second-order valence-electron chi connectivity index (χ2n) is 12.2. The quantitative estimate of drug-likeness (QED) is 0.162. The van der Waals surface area contributed by atoms with Gasteiger partial charge >= 0.3 is 0 Å². The summed E-state index contributed by atoms with van der Waals surface area (Å²) in [6, 6.07) is 75.9. The third-order valence-electron chi connectivity index (χ3n) is 9.11. The second kappa shape index (κ2) is 13.7. The fraction of sp³-hybridized carbons (Fsp3) is 0. The van der Waals surface area contributed by atoms with Gasteiger partial charge in [0.1, 0.15) is 0 Å². The number of anilines is 3. The Balaban J connectivity index is 1.16. The Bertz CT molecular complexity index is 2270.